The molecule has 9 nitrogen and oxygen atoms in total. The van der Waals surface area contributed by atoms with Crippen LogP contribution < -0.4 is 16.0 Å². The maximum absolute atomic E-state index is 13.3. The summed E-state index contributed by atoms with van der Waals surface area (Å²) < 4.78 is 5.24. The van der Waals surface area contributed by atoms with E-state index >= 15 is 0 Å². The molecule has 4 N–H and O–H groups in total. The van der Waals surface area contributed by atoms with Crippen LogP contribution in [-0.4, -0.2) is 41.1 Å². The van der Waals surface area contributed by atoms with Crippen molar-refractivity contribution in [1.29, 1.82) is 0 Å². The number of nitrogens with one attached hydrogen (secondary N) is 3. The van der Waals surface area contributed by atoms with Gasteiger partial charge in [-0.05, 0) is 37.0 Å². The van der Waals surface area contributed by atoms with Gasteiger partial charge in [0.15, 0.2) is 0 Å². The van der Waals surface area contributed by atoms with Crippen molar-refractivity contribution in [3.05, 3.63) is 108 Å². The van der Waals surface area contributed by atoms with Gasteiger partial charge < -0.3 is 25.8 Å². The summed E-state index contributed by atoms with van der Waals surface area (Å²) in [5, 5.41) is 17.8. The molecule has 9 heteroatoms. The molecule has 1 unspecified atom stereocenters. The lowest BCUT2D eigenvalue weighted by Gasteiger charge is -2.26. The van der Waals surface area contributed by atoms with E-state index in [9.17, 15) is 24.3 Å². The number of carboxylic acid groups (broad SMARTS) is 1. The predicted octanol–water partition coefficient (Wildman–Crippen LogP) is 3.61. The van der Waals surface area contributed by atoms with Crippen LogP contribution in [0.1, 0.15) is 36.6 Å². The summed E-state index contributed by atoms with van der Waals surface area (Å²) in [5.41, 5.74) is 2.29. The summed E-state index contributed by atoms with van der Waals surface area (Å²) in [4.78, 5) is 51.1. The smallest absolute Gasteiger partial charge is 0.408 e. The van der Waals surface area contributed by atoms with Crippen molar-refractivity contribution in [3.8, 4) is 0 Å². The first-order valence-electron chi connectivity index (χ1n) is 12.6. The minimum atomic E-state index is -1.51. The lowest BCUT2D eigenvalue weighted by molar-refractivity contribution is -0.145. The third-order valence-corrected chi connectivity index (χ3v) is 6.20. The number of rotatable bonds is 12. The number of alkyl carbamates (subject to hydrolysis) is 1. The fourth-order valence-electron chi connectivity index (χ4n) is 3.99. The van der Waals surface area contributed by atoms with Crippen molar-refractivity contribution in [2.24, 2.45) is 5.92 Å². The van der Waals surface area contributed by atoms with Crippen LogP contribution in [0.4, 0.5) is 4.79 Å². The molecule has 0 spiro atoms. The number of aliphatic carboxylic acids is 1. The van der Waals surface area contributed by atoms with Gasteiger partial charge in [-0.15, -0.1) is 0 Å². The Morgan fingerprint density at radius 1 is 0.718 bits per heavy atom. The number of hydrogen-bond acceptors (Lipinski definition) is 5. The Morgan fingerprint density at radius 3 is 1.82 bits per heavy atom. The fraction of sp³-hybridized carbons (Fsp3) is 0.267. The van der Waals surface area contributed by atoms with Gasteiger partial charge in [0.05, 0.1) is 12.0 Å². The number of carbonyl (C=O) groups is 4. The van der Waals surface area contributed by atoms with Crippen LogP contribution in [0.2, 0.25) is 0 Å². The van der Waals surface area contributed by atoms with Gasteiger partial charge in [0, 0.05) is 0 Å². The monoisotopic (exact) mass is 531 g/mol. The lowest BCUT2D eigenvalue weighted by Crippen LogP contribution is -2.57. The van der Waals surface area contributed by atoms with Crippen molar-refractivity contribution in [1.82, 2.24) is 16.0 Å². The number of carbonyl (C=O) groups excluding carboxylic acids is 3. The third kappa shape index (κ3) is 8.99. The molecule has 0 aliphatic carbocycles. The summed E-state index contributed by atoms with van der Waals surface area (Å²) in [6.45, 7) is 3.24. The Bertz CT molecular complexity index is 1240. The number of amides is 3. The fourth-order valence-corrected chi connectivity index (χ4v) is 3.99. The second kappa shape index (κ2) is 14.3. The van der Waals surface area contributed by atoms with Gasteiger partial charge in [-0.3, -0.25) is 14.4 Å². The largest absolute Gasteiger partial charge is 0.481 e. The summed E-state index contributed by atoms with van der Waals surface area (Å²) in [7, 11) is 0. The number of ether oxygens (including phenoxy) is 1. The van der Waals surface area contributed by atoms with Crippen LogP contribution in [0, 0.1) is 5.92 Å². The zero-order valence-corrected chi connectivity index (χ0v) is 21.9. The standard InChI is InChI=1S/C30H33N3O6/c1-20(24-16-10-5-11-17-24)31-27(34)21(2)32-28(35)26(25(29(36)37)18-22-12-6-3-7-13-22)33-30(38)39-19-23-14-8-4-9-15-23/h3-17,20-21,25-26H,18-19H2,1-2H3,(H,31,34)(H,32,35)(H,33,38)(H,36,37)/t20-,21+,25?,26-/m0/s1. The Hall–Kier alpha value is -4.66. The van der Waals surface area contributed by atoms with Crippen LogP contribution in [0.5, 0.6) is 0 Å². The summed E-state index contributed by atoms with van der Waals surface area (Å²) in [5.74, 6) is -3.88. The molecule has 3 amide bonds. The predicted molar refractivity (Wildman–Crippen MR) is 145 cm³/mol. The van der Waals surface area contributed by atoms with Crippen LogP contribution in [0.3, 0.4) is 0 Å². The topological polar surface area (TPSA) is 134 Å². The minimum Gasteiger partial charge on any atom is -0.481 e. The molecule has 4 atom stereocenters. The van der Waals surface area contributed by atoms with Gasteiger partial charge in [0.1, 0.15) is 18.7 Å². The van der Waals surface area contributed by atoms with Crippen LogP contribution in [-0.2, 0) is 32.1 Å². The average Bonchev–Trinajstić information content (AvgIpc) is 2.95. The molecule has 0 fully saturated rings. The first kappa shape index (κ1) is 28.9. The first-order valence-corrected chi connectivity index (χ1v) is 12.6. The van der Waals surface area contributed by atoms with E-state index in [0.29, 0.717) is 5.56 Å². The number of hydrogen-bond donors (Lipinski definition) is 4. The molecular formula is C30H33N3O6. The van der Waals surface area contributed by atoms with Crippen molar-refractivity contribution in [3.63, 3.8) is 0 Å². The molecule has 3 aromatic rings. The van der Waals surface area contributed by atoms with E-state index in [1.54, 1.807) is 54.6 Å². The van der Waals surface area contributed by atoms with Gasteiger partial charge in [-0.2, -0.15) is 0 Å². The van der Waals surface area contributed by atoms with E-state index in [2.05, 4.69) is 16.0 Å². The SMILES string of the molecule is C[C@H](NC(=O)[C@@H](C)NC(=O)[C@@H](NC(=O)OCc1ccccc1)C(Cc1ccccc1)C(=O)O)c1ccccc1. The molecule has 3 aromatic carbocycles. The van der Waals surface area contributed by atoms with Crippen molar-refractivity contribution < 1.29 is 29.0 Å². The Morgan fingerprint density at radius 2 is 1.26 bits per heavy atom. The van der Waals surface area contributed by atoms with Gasteiger partial charge in [-0.1, -0.05) is 91.0 Å². The van der Waals surface area contributed by atoms with Gasteiger partial charge >= 0.3 is 12.1 Å². The summed E-state index contributed by atoms with van der Waals surface area (Å²) >= 11 is 0. The van der Waals surface area contributed by atoms with E-state index in [-0.39, 0.29) is 19.1 Å². The first-order chi connectivity index (χ1) is 18.7. The molecule has 0 heterocycles. The minimum absolute atomic E-state index is 0.0289. The quantitative estimate of drug-likeness (QED) is 0.282. The maximum atomic E-state index is 13.3. The molecular weight excluding hydrogens is 498 g/mol. The van der Waals surface area contributed by atoms with Gasteiger partial charge in [-0.25, -0.2) is 4.79 Å². The van der Waals surface area contributed by atoms with Crippen molar-refractivity contribution in [2.45, 2.75) is 45.0 Å². The van der Waals surface area contributed by atoms with Crippen LogP contribution in [0.15, 0.2) is 91.0 Å². The summed E-state index contributed by atoms with van der Waals surface area (Å²) in [6, 6.07) is 24.2. The zero-order valence-electron chi connectivity index (χ0n) is 21.9. The molecule has 3 rings (SSSR count). The highest BCUT2D eigenvalue weighted by atomic mass is 16.5. The Kier molecular flexibility index (Phi) is 10.6. The van der Waals surface area contributed by atoms with E-state index in [1.165, 1.54) is 6.92 Å². The van der Waals surface area contributed by atoms with E-state index in [4.69, 9.17) is 4.74 Å². The molecule has 0 saturated heterocycles. The van der Waals surface area contributed by atoms with Crippen LogP contribution in [0.25, 0.3) is 0 Å². The molecule has 0 aliphatic heterocycles. The average molecular weight is 532 g/mol. The number of benzene rings is 3. The van der Waals surface area contributed by atoms with E-state index < -0.39 is 41.9 Å². The zero-order chi connectivity index (χ0) is 28.2. The van der Waals surface area contributed by atoms with Gasteiger partial charge in [0.2, 0.25) is 11.8 Å². The highest BCUT2D eigenvalue weighted by Gasteiger charge is 2.37. The molecule has 0 radical (unpaired) electrons. The summed E-state index contributed by atoms with van der Waals surface area (Å²) in [6.07, 6.45) is -0.980. The second-order valence-electron chi connectivity index (χ2n) is 9.19. The maximum Gasteiger partial charge on any atom is 0.408 e. The highest BCUT2D eigenvalue weighted by Crippen LogP contribution is 2.16. The molecule has 0 saturated carbocycles. The molecule has 0 aromatic heterocycles. The Labute approximate surface area is 227 Å². The molecule has 0 aliphatic rings. The second-order valence-corrected chi connectivity index (χ2v) is 9.19. The lowest BCUT2D eigenvalue weighted by atomic mass is 9.91. The van der Waals surface area contributed by atoms with Crippen molar-refractivity contribution in [2.75, 3.05) is 0 Å². The molecule has 39 heavy (non-hydrogen) atoms. The third-order valence-electron chi connectivity index (χ3n) is 6.20. The molecule has 204 valence electrons. The number of carboxylic acids is 1. The normalized spacial score (nSPS) is 13.7. The van der Waals surface area contributed by atoms with E-state index in [1.807, 2.05) is 43.3 Å². The van der Waals surface area contributed by atoms with E-state index in [0.717, 1.165) is 11.1 Å². The van der Waals surface area contributed by atoms with Gasteiger partial charge in [0.25, 0.3) is 0 Å². The molecule has 0 bridgehead atoms. The highest BCUT2D eigenvalue weighted by molar-refractivity contribution is 5.94. The van der Waals surface area contributed by atoms with Crippen LogP contribution >= 0.6 is 0 Å². The Balaban J connectivity index is 1.73. The van der Waals surface area contributed by atoms with Crippen molar-refractivity contribution >= 4 is 23.9 Å².